The molecule has 0 saturated carbocycles. The van der Waals surface area contributed by atoms with Crippen molar-refractivity contribution in [1.82, 2.24) is 20.0 Å². The van der Waals surface area contributed by atoms with Crippen LogP contribution in [0.15, 0.2) is 46.6 Å². The van der Waals surface area contributed by atoms with Gasteiger partial charge in [-0.25, -0.2) is 0 Å². The summed E-state index contributed by atoms with van der Waals surface area (Å²) in [6, 6.07) is 10.00. The Morgan fingerprint density at radius 1 is 1.29 bits per heavy atom. The second-order valence-electron chi connectivity index (χ2n) is 5.78. The monoisotopic (exact) mass is 340 g/mol. The molecule has 24 heavy (non-hydrogen) atoms. The minimum Gasteiger partial charge on any atom is -0.338 e. The van der Waals surface area contributed by atoms with Crippen molar-refractivity contribution in [3.63, 3.8) is 0 Å². The molecule has 1 unspecified atom stereocenters. The molecule has 6 nitrogen and oxygen atoms in total. The number of likely N-dealkylation sites (tertiary alicyclic amines) is 1. The molecular formula is C17H16N4O2S. The molecule has 1 amide bonds. The molecule has 0 radical (unpaired) electrons. The Hall–Kier alpha value is -2.54. The Bertz CT molecular complexity index is 816. The maximum atomic E-state index is 12.6. The van der Waals surface area contributed by atoms with Gasteiger partial charge in [0.1, 0.15) is 5.92 Å². The topological polar surface area (TPSA) is 72.1 Å². The van der Waals surface area contributed by atoms with Crippen molar-refractivity contribution < 1.29 is 9.32 Å². The number of carbonyl (C=O) groups excluding carboxylic acids is 1. The summed E-state index contributed by atoms with van der Waals surface area (Å²) in [4.78, 5) is 24.0. The van der Waals surface area contributed by atoms with E-state index in [1.165, 1.54) is 0 Å². The fourth-order valence-corrected chi connectivity index (χ4v) is 3.49. The predicted molar refractivity (Wildman–Crippen MR) is 88.4 cm³/mol. The van der Waals surface area contributed by atoms with Crippen molar-refractivity contribution >= 4 is 17.2 Å². The number of hydrogen-bond acceptors (Lipinski definition) is 6. The standard InChI is InChI=1S/C17H16N4O2S/c22-17-14(6-7-21(17)10-12-4-2-1-3-5-12)16-19-15(20-23-16)8-13-9-18-11-24-13/h1-5,9,11,14H,6-8,10H2. The van der Waals surface area contributed by atoms with Gasteiger partial charge in [0.2, 0.25) is 11.8 Å². The van der Waals surface area contributed by atoms with Crippen LogP contribution in [0, 0.1) is 0 Å². The van der Waals surface area contributed by atoms with Crippen LogP contribution in [0.1, 0.15) is 34.5 Å². The number of rotatable bonds is 5. The normalized spacial score (nSPS) is 17.6. The molecule has 3 heterocycles. The summed E-state index contributed by atoms with van der Waals surface area (Å²) < 4.78 is 5.34. The van der Waals surface area contributed by atoms with Crippen LogP contribution in [-0.4, -0.2) is 32.5 Å². The van der Waals surface area contributed by atoms with Gasteiger partial charge in [-0.2, -0.15) is 4.98 Å². The van der Waals surface area contributed by atoms with Gasteiger partial charge in [-0.1, -0.05) is 35.5 Å². The van der Waals surface area contributed by atoms with Crippen LogP contribution < -0.4 is 0 Å². The Morgan fingerprint density at radius 3 is 2.96 bits per heavy atom. The quantitative estimate of drug-likeness (QED) is 0.714. The van der Waals surface area contributed by atoms with Crippen LogP contribution >= 0.6 is 11.3 Å². The molecule has 2 aromatic heterocycles. The van der Waals surface area contributed by atoms with Crippen molar-refractivity contribution in [2.75, 3.05) is 6.54 Å². The molecule has 0 N–H and O–H groups in total. The molecule has 0 bridgehead atoms. The first kappa shape index (κ1) is 15.0. The molecule has 1 aliphatic heterocycles. The molecule has 0 spiro atoms. The summed E-state index contributed by atoms with van der Waals surface area (Å²) in [5.74, 6) is 0.766. The lowest BCUT2D eigenvalue weighted by atomic mass is 10.1. The maximum Gasteiger partial charge on any atom is 0.239 e. The van der Waals surface area contributed by atoms with Crippen LogP contribution in [0.4, 0.5) is 0 Å². The fraction of sp³-hybridized carbons (Fsp3) is 0.294. The Kier molecular flexibility index (Phi) is 4.08. The van der Waals surface area contributed by atoms with Gasteiger partial charge in [-0.15, -0.1) is 11.3 Å². The van der Waals surface area contributed by atoms with Gasteiger partial charge in [0.25, 0.3) is 0 Å². The number of thiazole rings is 1. The summed E-state index contributed by atoms with van der Waals surface area (Å²) in [6.07, 6.45) is 3.10. The third-order valence-corrected chi connectivity index (χ3v) is 4.89. The highest BCUT2D eigenvalue weighted by Gasteiger charge is 2.36. The second-order valence-corrected chi connectivity index (χ2v) is 6.75. The molecule has 1 atom stereocenters. The summed E-state index contributed by atoms with van der Waals surface area (Å²) in [6.45, 7) is 1.34. The van der Waals surface area contributed by atoms with Gasteiger partial charge >= 0.3 is 0 Å². The third-order valence-electron chi connectivity index (χ3n) is 4.11. The number of nitrogens with zero attached hydrogens (tertiary/aromatic N) is 4. The van der Waals surface area contributed by atoms with Gasteiger partial charge in [0.15, 0.2) is 5.82 Å². The Labute approximate surface area is 143 Å². The molecule has 0 aliphatic carbocycles. The average Bonchev–Trinajstić information content (AvgIpc) is 3.33. The van der Waals surface area contributed by atoms with E-state index >= 15 is 0 Å². The van der Waals surface area contributed by atoms with Crippen molar-refractivity contribution in [3.8, 4) is 0 Å². The van der Waals surface area contributed by atoms with Crippen molar-refractivity contribution in [3.05, 3.63) is 64.2 Å². The zero-order chi connectivity index (χ0) is 16.4. The van der Waals surface area contributed by atoms with E-state index in [4.69, 9.17) is 4.52 Å². The van der Waals surface area contributed by atoms with Gasteiger partial charge < -0.3 is 9.42 Å². The number of benzene rings is 1. The summed E-state index contributed by atoms with van der Waals surface area (Å²) in [5, 5.41) is 4.00. The van der Waals surface area contributed by atoms with Gasteiger partial charge in [-0.3, -0.25) is 9.78 Å². The van der Waals surface area contributed by atoms with E-state index in [9.17, 15) is 4.79 Å². The first-order chi connectivity index (χ1) is 11.8. The third kappa shape index (κ3) is 3.07. The highest BCUT2D eigenvalue weighted by Crippen LogP contribution is 2.29. The lowest BCUT2D eigenvalue weighted by Crippen LogP contribution is -2.26. The first-order valence-electron chi connectivity index (χ1n) is 7.82. The molecule has 1 aliphatic rings. The smallest absolute Gasteiger partial charge is 0.239 e. The van der Waals surface area contributed by atoms with Crippen LogP contribution in [0.2, 0.25) is 0 Å². The largest absolute Gasteiger partial charge is 0.338 e. The molecule has 3 aromatic rings. The Morgan fingerprint density at radius 2 is 2.17 bits per heavy atom. The van der Waals surface area contributed by atoms with Crippen molar-refractivity contribution in [2.45, 2.75) is 25.3 Å². The SMILES string of the molecule is O=C1C(c2nc(Cc3cncs3)no2)CCN1Cc1ccccc1. The van der Waals surface area contributed by atoms with E-state index in [1.54, 1.807) is 23.0 Å². The summed E-state index contributed by atoms with van der Waals surface area (Å²) in [5.41, 5.74) is 2.90. The minimum absolute atomic E-state index is 0.0619. The number of carbonyl (C=O) groups is 1. The summed E-state index contributed by atoms with van der Waals surface area (Å²) in [7, 11) is 0. The molecule has 122 valence electrons. The minimum atomic E-state index is -0.323. The molecule has 1 fully saturated rings. The molecule has 1 saturated heterocycles. The van der Waals surface area contributed by atoms with E-state index < -0.39 is 0 Å². The highest BCUT2D eigenvalue weighted by atomic mass is 32.1. The second kappa shape index (κ2) is 6.52. The van der Waals surface area contributed by atoms with Gasteiger partial charge in [0, 0.05) is 30.6 Å². The van der Waals surface area contributed by atoms with E-state index in [0.717, 1.165) is 10.4 Å². The maximum absolute atomic E-state index is 12.6. The van der Waals surface area contributed by atoms with Crippen LogP contribution in [0.3, 0.4) is 0 Å². The number of aromatic nitrogens is 3. The molecule has 7 heteroatoms. The van der Waals surface area contributed by atoms with Crippen LogP contribution in [0.5, 0.6) is 0 Å². The van der Waals surface area contributed by atoms with Gasteiger partial charge in [-0.05, 0) is 12.0 Å². The van der Waals surface area contributed by atoms with Gasteiger partial charge in [0.05, 0.1) is 5.51 Å². The highest BCUT2D eigenvalue weighted by molar-refractivity contribution is 7.09. The summed E-state index contributed by atoms with van der Waals surface area (Å²) >= 11 is 1.55. The number of amides is 1. The zero-order valence-electron chi connectivity index (χ0n) is 13.0. The fourth-order valence-electron chi connectivity index (χ4n) is 2.89. The molecule has 1 aromatic carbocycles. The van der Waals surface area contributed by atoms with E-state index in [1.807, 2.05) is 35.2 Å². The average molecular weight is 340 g/mol. The van der Waals surface area contributed by atoms with Crippen LogP contribution in [0.25, 0.3) is 0 Å². The molecular weight excluding hydrogens is 324 g/mol. The Balaban J connectivity index is 1.44. The zero-order valence-corrected chi connectivity index (χ0v) is 13.8. The first-order valence-corrected chi connectivity index (χ1v) is 8.70. The van der Waals surface area contributed by atoms with E-state index in [-0.39, 0.29) is 11.8 Å². The van der Waals surface area contributed by atoms with E-state index in [0.29, 0.717) is 37.6 Å². The van der Waals surface area contributed by atoms with Crippen molar-refractivity contribution in [1.29, 1.82) is 0 Å². The number of hydrogen-bond donors (Lipinski definition) is 0. The lowest BCUT2D eigenvalue weighted by molar-refractivity contribution is -0.129. The molecule has 4 rings (SSSR count). The van der Waals surface area contributed by atoms with Crippen molar-refractivity contribution in [2.24, 2.45) is 0 Å². The van der Waals surface area contributed by atoms with E-state index in [2.05, 4.69) is 15.1 Å². The van der Waals surface area contributed by atoms with Crippen LogP contribution in [-0.2, 0) is 17.8 Å². The predicted octanol–water partition coefficient (Wildman–Crippen LogP) is 2.63. The lowest BCUT2D eigenvalue weighted by Gasteiger charge is -2.15.